The highest BCUT2D eigenvalue weighted by atomic mass is 16.7. The lowest BCUT2D eigenvalue weighted by atomic mass is 10.1. The third kappa shape index (κ3) is 10.4. The minimum atomic E-state index is -0.732. The maximum absolute atomic E-state index is 10.1. The molecule has 28 heavy (non-hydrogen) atoms. The van der Waals surface area contributed by atoms with Crippen LogP contribution < -0.4 is 21.3 Å². The summed E-state index contributed by atoms with van der Waals surface area (Å²) in [6, 6.07) is 0. The molecule has 0 radical (unpaired) electrons. The molecule has 160 valence electrons. The van der Waals surface area contributed by atoms with Gasteiger partial charge in [-0.25, -0.2) is 20.2 Å². The molecule has 2 aliphatic rings. The Balaban J connectivity index is 0.000000280. The minimum absolute atomic E-state index is 0.182. The molecular weight excluding hydrogens is 376 g/mol. The van der Waals surface area contributed by atoms with E-state index in [9.17, 15) is 20.2 Å². The maximum Gasteiger partial charge on any atom is 0.268 e. The highest BCUT2D eigenvalue weighted by molar-refractivity contribution is 5.79. The van der Waals surface area contributed by atoms with E-state index >= 15 is 0 Å². The van der Waals surface area contributed by atoms with Crippen molar-refractivity contribution in [1.29, 1.82) is 0 Å². The van der Waals surface area contributed by atoms with Crippen LogP contribution in [0.1, 0.15) is 12.8 Å². The standard InChI is InChI=1S/2C7H14N4O3/c2*1-8-7(10-11(12)13)9-4-6-2-3-14-5-6/h2*6H,2-5H2,1H3,(H2,8,9,10). The van der Waals surface area contributed by atoms with E-state index in [1.165, 1.54) is 0 Å². The Morgan fingerprint density at radius 2 is 1.29 bits per heavy atom. The minimum Gasteiger partial charge on any atom is -0.381 e. The molecule has 14 nitrogen and oxygen atoms in total. The fourth-order valence-electron chi connectivity index (χ4n) is 2.48. The fraction of sp³-hybridized carbons (Fsp3) is 0.857. The third-order valence-electron chi connectivity index (χ3n) is 4.00. The van der Waals surface area contributed by atoms with Crippen LogP contribution in [0, 0.1) is 32.1 Å². The van der Waals surface area contributed by atoms with Gasteiger partial charge in [0.25, 0.3) is 11.9 Å². The van der Waals surface area contributed by atoms with Crippen molar-refractivity contribution in [3.05, 3.63) is 20.2 Å². The van der Waals surface area contributed by atoms with Gasteiger partial charge in [0.05, 0.1) is 13.2 Å². The van der Waals surface area contributed by atoms with E-state index in [0.717, 1.165) is 26.1 Å². The average molecular weight is 404 g/mol. The van der Waals surface area contributed by atoms with Gasteiger partial charge < -0.3 is 30.7 Å². The number of rotatable bonds is 6. The first-order valence-electron chi connectivity index (χ1n) is 8.89. The predicted octanol–water partition coefficient (Wildman–Crippen LogP) is -1.24. The zero-order valence-corrected chi connectivity index (χ0v) is 16.0. The number of nitrogens with one attached hydrogen (secondary N) is 4. The summed E-state index contributed by atoms with van der Waals surface area (Å²) >= 11 is 0. The van der Waals surface area contributed by atoms with E-state index in [1.54, 1.807) is 14.1 Å². The number of guanidine groups is 2. The van der Waals surface area contributed by atoms with Gasteiger partial charge in [0, 0.05) is 52.2 Å². The Morgan fingerprint density at radius 3 is 1.54 bits per heavy atom. The smallest absolute Gasteiger partial charge is 0.268 e. The second-order valence-electron chi connectivity index (χ2n) is 6.09. The van der Waals surface area contributed by atoms with Crippen molar-refractivity contribution in [3.8, 4) is 0 Å². The predicted molar refractivity (Wildman–Crippen MR) is 101 cm³/mol. The Labute approximate surface area is 162 Å². The van der Waals surface area contributed by atoms with Gasteiger partial charge in [0.1, 0.15) is 10.2 Å². The van der Waals surface area contributed by atoms with Gasteiger partial charge in [-0.2, -0.15) is 0 Å². The lowest BCUT2D eigenvalue weighted by Crippen LogP contribution is -2.38. The van der Waals surface area contributed by atoms with Gasteiger partial charge in [-0.15, -0.1) is 0 Å². The monoisotopic (exact) mass is 404 g/mol. The molecule has 0 aliphatic carbocycles. The van der Waals surface area contributed by atoms with Crippen LogP contribution in [0.2, 0.25) is 0 Å². The van der Waals surface area contributed by atoms with E-state index in [0.29, 0.717) is 38.1 Å². The van der Waals surface area contributed by atoms with Crippen LogP contribution >= 0.6 is 0 Å². The van der Waals surface area contributed by atoms with Crippen molar-refractivity contribution in [3.63, 3.8) is 0 Å². The summed E-state index contributed by atoms with van der Waals surface area (Å²) in [6.07, 6.45) is 1.98. The number of nitro groups is 2. The van der Waals surface area contributed by atoms with Crippen molar-refractivity contribution in [2.24, 2.45) is 22.0 Å². The van der Waals surface area contributed by atoms with Crippen molar-refractivity contribution in [2.45, 2.75) is 12.8 Å². The summed E-state index contributed by atoms with van der Waals surface area (Å²) in [5.41, 5.74) is 0. The second-order valence-corrected chi connectivity index (χ2v) is 6.09. The molecule has 0 aromatic heterocycles. The molecule has 2 aliphatic heterocycles. The van der Waals surface area contributed by atoms with Crippen LogP contribution in [-0.2, 0) is 9.47 Å². The third-order valence-corrected chi connectivity index (χ3v) is 4.00. The number of hydrogen-bond acceptors (Lipinski definition) is 6. The van der Waals surface area contributed by atoms with E-state index in [4.69, 9.17) is 9.47 Å². The Bertz CT molecular complexity index is 498. The summed E-state index contributed by atoms with van der Waals surface area (Å²) in [4.78, 5) is 20.2. The van der Waals surface area contributed by atoms with Gasteiger partial charge >= 0.3 is 0 Å². The van der Waals surface area contributed by atoms with Gasteiger partial charge in [0.15, 0.2) is 10.1 Å². The lowest BCUT2D eigenvalue weighted by molar-refractivity contribution is -0.485. The number of ether oxygens (including phenoxy) is 2. The zero-order valence-electron chi connectivity index (χ0n) is 16.0. The highest BCUT2D eigenvalue weighted by Crippen LogP contribution is 2.10. The Kier molecular flexibility index (Phi) is 11.2. The molecule has 2 rings (SSSR count). The molecule has 0 saturated carbocycles. The first-order valence-corrected chi connectivity index (χ1v) is 8.89. The molecule has 2 fully saturated rings. The molecule has 2 saturated heterocycles. The van der Waals surface area contributed by atoms with Crippen LogP contribution in [0.3, 0.4) is 0 Å². The first kappa shape index (κ1) is 23.3. The summed E-state index contributed by atoms with van der Waals surface area (Å²) < 4.78 is 10.3. The van der Waals surface area contributed by atoms with Crippen LogP contribution in [0.5, 0.6) is 0 Å². The molecule has 0 aromatic rings. The number of hydrogen-bond donors (Lipinski definition) is 4. The van der Waals surface area contributed by atoms with Gasteiger partial charge in [-0.3, -0.25) is 0 Å². The second kappa shape index (κ2) is 13.4. The summed E-state index contributed by atoms with van der Waals surface area (Å²) in [5.74, 6) is 1.20. The highest BCUT2D eigenvalue weighted by Gasteiger charge is 2.17. The van der Waals surface area contributed by atoms with Crippen LogP contribution in [-0.4, -0.2) is 75.6 Å². The van der Waals surface area contributed by atoms with E-state index in [2.05, 4.69) is 31.5 Å². The lowest BCUT2D eigenvalue weighted by Gasteiger charge is -2.09. The zero-order chi connectivity index (χ0) is 20.8. The molecule has 0 aromatic carbocycles. The number of nitrogens with zero attached hydrogens (tertiary/aromatic N) is 4. The molecule has 2 atom stereocenters. The average Bonchev–Trinajstić information content (AvgIpc) is 3.35. The van der Waals surface area contributed by atoms with Crippen molar-refractivity contribution < 1.29 is 19.5 Å². The molecular formula is C14H28N8O6. The molecule has 2 unspecified atom stereocenters. The van der Waals surface area contributed by atoms with E-state index in [1.807, 2.05) is 0 Å². The molecule has 0 bridgehead atoms. The van der Waals surface area contributed by atoms with Crippen molar-refractivity contribution >= 4 is 11.9 Å². The first-order chi connectivity index (χ1) is 13.4. The quantitative estimate of drug-likeness (QED) is 0.181. The summed E-state index contributed by atoms with van der Waals surface area (Å²) in [5, 5.41) is 35.9. The van der Waals surface area contributed by atoms with Crippen molar-refractivity contribution in [2.75, 3.05) is 53.6 Å². The SMILES string of the molecule is CNC(=N[N+](=O)[O-])NCC1CCOC1.CNC(=N[N+](=O)[O-])NCC1CCOC1. The number of hydrazone groups is 2. The molecule has 4 N–H and O–H groups in total. The summed E-state index contributed by atoms with van der Waals surface area (Å²) in [6.45, 7) is 4.26. The Morgan fingerprint density at radius 1 is 0.893 bits per heavy atom. The molecule has 14 heteroatoms. The molecule has 0 amide bonds. The molecule has 2 heterocycles. The van der Waals surface area contributed by atoms with Crippen LogP contribution in [0.15, 0.2) is 10.2 Å². The largest absolute Gasteiger partial charge is 0.381 e. The fourth-order valence-corrected chi connectivity index (χ4v) is 2.48. The van der Waals surface area contributed by atoms with Crippen molar-refractivity contribution in [1.82, 2.24) is 21.3 Å². The molecule has 0 spiro atoms. The maximum atomic E-state index is 10.1. The van der Waals surface area contributed by atoms with Crippen LogP contribution in [0.4, 0.5) is 0 Å². The van der Waals surface area contributed by atoms with E-state index in [-0.39, 0.29) is 11.9 Å². The van der Waals surface area contributed by atoms with Gasteiger partial charge in [0.2, 0.25) is 0 Å². The van der Waals surface area contributed by atoms with Gasteiger partial charge in [-0.1, -0.05) is 0 Å². The van der Waals surface area contributed by atoms with Crippen LogP contribution in [0.25, 0.3) is 0 Å². The summed E-state index contributed by atoms with van der Waals surface area (Å²) in [7, 11) is 3.17. The topological polar surface area (TPSA) is 178 Å². The van der Waals surface area contributed by atoms with Gasteiger partial charge in [-0.05, 0) is 12.8 Å². The van der Waals surface area contributed by atoms with E-state index < -0.39 is 10.1 Å². The Hall–Kier alpha value is -2.74. The normalized spacial score (nSPS) is 22.1.